The lowest BCUT2D eigenvalue weighted by Crippen LogP contribution is -2.29. The Morgan fingerprint density at radius 2 is 1.94 bits per heavy atom. The number of para-hydroxylation sites is 1. The van der Waals surface area contributed by atoms with Gasteiger partial charge < -0.3 is 16.0 Å². The van der Waals surface area contributed by atoms with E-state index >= 15 is 0 Å². The maximum atomic E-state index is 12.5. The zero-order chi connectivity index (χ0) is 24.4. The molecule has 1 saturated carbocycles. The standard InChI is InChI=1S/C25H25ClN6O2S/c26-22-15-29-25(32-24(22)21-14-28-23-7-2-1-6-20(21)23)31-18-5-3-4-16(12-18)13-30-35(33,34)19-10-8-17(27)9-11-19/h1-2,6-11,13-16,18,28H,3-5,12,27H2,(H,29,31,32)/t16?,18-/m1/s1. The van der Waals surface area contributed by atoms with Gasteiger partial charge in [-0.3, -0.25) is 0 Å². The van der Waals surface area contributed by atoms with E-state index in [0.717, 1.165) is 42.1 Å². The summed E-state index contributed by atoms with van der Waals surface area (Å²) >= 11 is 6.45. The summed E-state index contributed by atoms with van der Waals surface area (Å²) in [7, 11) is -3.76. The summed E-state index contributed by atoms with van der Waals surface area (Å²) in [6.07, 6.45) is 8.55. The number of nitrogens with one attached hydrogen (secondary N) is 2. The fraction of sp³-hybridized carbons (Fsp3) is 0.240. The number of H-pyrrole nitrogens is 1. The zero-order valence-corrected chi connectivity index (χ0v) is 20.4. The minimum Gasteiger partial charge on any atom is -0.399 e. The van der Waals surface area contributed by atoms with Crippen LogP contribution in [0, 0.1) is 5.92 Å². The average molecular weight is 509 g/mol. The van der Waals surface area contributed by atoms with Crippen molar-refractivity contribution in [3.05, 3.63) is 65.9 Å². The number of hydrogen-bond donors (Lipinski definition) is 3. The minimum atomic E-state index is -3.76. The van der Waals surface area contributed by atoms with Crippen molar-refractivity contribution < 1.29 is 8.42 Å². The molecule has 0 amide bonds. The number of nitrogen functional groups attached to an aromatic ring is 1. The van der Waals surface area contributed by atoms with Crippen molar-refractivity contribution >= 4 is 50.4 Å². The molecule has 35 heavy (non-hydrogen) atoms. The van der Waals surface area contributed by atoms with Crippen LogP contribution in [0.3, 0.4) is 0 Å². The van der Waals surface area contributed by atoms with Crippen molar-refractivity contribution in [2.24, 2.45) is 10.3 Å². The number of hydrogen-bond acceptors (Lipinski definition) is 6. The first-order valence-electron chi connectivity index (χ1n) is 11.4. The van der Waals surface area contributed by atoms with Gasteiger partial charge in [0.25, 0.3) is 10.0 Å². The highest BCUT2D eigenvalue weighted by Crippen LogP contribution is 2.33. The molecule has 0 bridgehead atoms. The molecule has 2 aromatic heterocycles. The molecule has 2 heterocycles. The maximum Gasteiger partial charge on any atom is 0.281 e. The predicted octanol–water partition coefficient (Wildman–Crippen LogP) is 5.29. The Labute approximate surface area is 208 Å². The fourth-order valence-electron chi connectivity index (χ4n) is 4.44. The Hall–Kier alpha value is -3.43. The van der Waals surface area contributed by atoms with E-state index in [4.69, 9.17) is 22.3 Å². The van der Waals surface area contributed by atoms with Gasteiger partial charge >= 0.3 is 0 Å². The van der Waals surface area contributed by atoms with Gasteiger partial charge in [0, 0.05) is 40.6 Å². The first kappa shape index (κ1) is 23.3. The van der Waals surface area contributed by atoms with Gasteiger partial charge in [-0.1, -0.05) is 36.2 Å². The molecule has 2 atom stereocenters. The highest BCUT2D eigenvalue weighted by Gasteiger charge is 2.23. The summed E-state index contributed by atoms with van der Waals surface area (Å²) in [6, 6.07) is 14.1. The molecular weight excluding hydrogens is 484 g/mol. The summed E-state index contributed by atoms with van der Waals surface area (Å²) in [6.45, 7) is 0. The van der Waals surface area contributed by atoms with E-state index < -0.39 is 10.0 Å². The molecule has 1 aliphatic carbocycles. The summed E-state index contributed by atoms with van der Waals surface area (Å²) in [5, 5.41) is 4.92. The van der Waals surface area contributed by atoms with E-state index in [-0.39, 0.29) is 16.9 Å². The quantitative estimate of drug-likeness (QED) is 0.240. The number of fused-ring (bicyclic) bond motifs is 1. The van der Waals surface area contributed by atoms with Crippen molar-refractivity contribution in [1.82, 2.24) is 15.0 Å². The number of halogens is 1. The Kier molecular flexibility index (Phi) is 6.44. The summed E-state index contributed by atoms with van der Waals surface area (Å²) < 4.78 is 29.0. The van der Waals surface area contributed by atoms with E-state index in [1.165, 1.54) is 12.1 Å². The largest absolute Gasteiger partial charge is 0.399 e. The smallest absolute Gasteiger partial charge is 0.281 e. The molecule has 0 radical (unpaired) electrons. The molecule has 0 spiro atoms. The Balaban J connectivity index is 1.30. The van der Waals surface area contributed by atoms with E-state index in [1.807, 2.05) is 30.5 Å². The van der Waals surface area contributed by atoms with Gasteiger partial charge in [0.1, 0.15) is 0 Å². The first-order valence-corrected chi connectivity index (χ1v) is 13.2. The normalized spacial score (nSPS) is 18.8. The highest BCUT2D eigenvalue weighted by atomic mass is 35.5. The van der Waals surface area contributed by atoms with E-state index in [0.29, 0.717) is 22.4 Å². The number of benzene rings is 2. The number of sulfonamides is 1. The Morgan fingerprint density at radius 1 is 1.14 bits per heavy atom. The molecule has 180 valence electrons. The molecule has 4 N–H and O–H groups in total. The topological polar surface area (TPSA) is 126 Å². The molecule has 10 heteroatoms. The lowest BCUT2D eigenvalue weighted by molar-refractivity contribution is 0.410. The number of nitrogens with zero attached hydrogens (tertiary/aromatic N) is 3. The van der Waals surface area contributed by atoms with Crippen LogP contribution in [0.1, 0.15) is 25.7 Å². The van der Waals surface area contributed by atoms with Crippen molar-refractivity contribution in [3.8, 4) is 11.3 Å². The Morgan fingerprint density at radius 3 is 2.77 bits per heavy atom. The van der Waals surface area contributed by atoms with E-state index in [2.05, 4.69) is 19.7 Å². The summed E-state index contributed by atoms with van der Waals surface area (Å²) in [5.74, 6) is 0.525. The highest BCUT2D eigenvalue weighted by molar-refractivity contribution is 7.90. The van der Waals surface area contributed by atoms with Gasteiger partial charge in [-0.2, -0.15) is 12.8 Å². The summed E-state index contributed by atoms with van der Waals surface area (Å²) in [4.78, 5) is 12.5. The molecule has 0 saturated heterocycles. The third-order valence-electron chi connectivity index (χ3n) is 6.22. The summed E-state index contributed by atoms with van der Waals surface area (Å²) in [5.41, 5.74) is 8.74. The number of aromatic nitrogens is 3. The molecule has 2 aromatic carbocycles. The van der Waals surface area contributed by atoms with E-state index in [1.54, 1.807) is 24.5 Å². The number of rotatable bonds is 6. The molecule has 1 unspecified atom stereocenters. The van der Waals surface area contributed by atoms with Crippen molar-refractivity contribution in [2.75, 3.05) is 11.1 Å². The molecule has 5 rings (SSSR count). The average Bonchev–Trinajstić information content (AvgIpc) is 3.29. The monoisotopic (exact) mass is 508 g/mol. The van der Waals surface area contributed by atoms with Gasteiger partial charge in [0.2, 0.25) is 5.95 Å². The van der Waals surface area contributed by atoms with Crippen LogP contribution in [0.5, 0.6) is 0 Å². The molecule has 1 aliphatic rings. The predicted molar refractivity (Wildman–Crippen MR) is 140 cm³/mol. The third-order valence-corrected chi connectivity index (χ3v) is 7.77. The first-order chi connectivity index (χ1) is 16.9. The van der Waals surface area contributed by atoms with Crippen molar-refractivity contribution in [3.63, 3.8) is 0 Å². The Bertz CT molecular complexity index is 1480. The van der Waals surface area contributed by atoms with E-state index in [9.17, 15) is 8.42 Å². The second-order valence-electron chi connectivity index (χ2n) is 8.70. The van der Waals surface area contributed by atoms with Crippen LogP contribution in [0.2, 0.25) is 5.02 Å². The SMILES string of the molecule is Nc1ccc(S(=O)(=O)N=CC2CCC[C@@H](Nc3ncc(Cl)c(-c4c[nH]c5ccccc45)n3)C2)cc1. The fourth-order valence-corrected chi connectivity index (χ4v) is 5.56. The van der Waals surface area contributed by atoms with Gasteiger partial charge in [0.05, 0.1) is 21.8 Å². The lowest BCUT2D eigenvalue weighted by atomic mass is 9.86. The lowest BCUT2D eigenvalue weighted by Gasteiger charge is -2.27. The number of aromatic amines is 1. The second kappa shape index (κ2) is 9.67. The van der Waals surface area contributed by atoms with Crippen molar-refractivity contribution in [2.45, 2.75) is 36.6 Å². The van der Waals surface area contributed by atoms with Crippen LogP contribution in [0.25, 0.3) is 22.2 Å². The van der Waals surface area contributed by atoms with Crippen LogP contribution >= 0.6 is 11.6 Å². The maximum absolute atomic E-state index is 12.5. The van der Waals surface area contributed by atoms with Crippen LogP contribution < -0.4 is 11.1 Å². The minimum absolute atomic E-state index is 0.0326. The molecule has 0 aliphatic heterocycles. The van der Waals surface area contributed by atoms with Crippen molar-refractivity contribution in [1.29, 1.82) is 0 Å². The molecule has 1 fully saturated rings. The third kappa shape index (κ3) is 5.16. The van der Waals surface area contributed by atoms with Gasteiger partial charge in [0.15, 0.2) is 0 Å². The molecule has 8 nitrogen and oxygen atoms in total. The molecule has 4 aromatic rings. The van der Waals surface area contributed by atoms with Crippen LogP contribution in [0.15, 0.2) is 70.2 Å². The van der Waals surface area contributed by atoms with Gasteiger partial charge in [-0.15, -0.1) is 0 Å². The zero-order valence-electron chi connectivity index (χ0n) is 18.9. The molecular formula is C25H25ClN6O2S. The van der Waals surface area contributed by atoms with Gasteiger partial charge in [-0.05, 0) is 55.5 Å². The second-order valence-corrected chi connectivity index (χ2v) is 10.7. The van der Waals surface area contributed by atoms with Crippen LogP contribution in [-0.2, 0) is 10.0 Å². The number of nitrogens with two attached hydrogens (primary N) is 1. The van der Waals surface area contributed by atoms with Crippen LogP contribution in [0.4, 0.5) is 11.6 Å². The van der Waals surface area contributed by atoms with Gasteiger partial charge in [-0.25, -0.2) is 9.97 Å². The number of anilines is 2. The van der Waals surface area contributed by atoms with Crippen LogP contribution in [-0.4, -0.2) is 35.6 Å².